The molecule has 0 aliphatic carbocycles. The van der Waals surface area contributed by atoms with Crippen molar-refractivity contribution >= 4 is 11.8 Å². The van der Waals surface area contributed by atoms with E-state index < -0.39 is 6.04 Å². The number of aromatic amines is 1. The minimum Gasteiger partial charge on any atom is -0.357 e. The van der Waals surface area contributed by atoms with E-state index in [1.54, 1.807) is 18.0 Å². The molecule has 2 heterocycles. The first-order chi connectivity index (χ1) is 11.1. The van der Waals surface area contributed by atoms with Crippen LogP contribution in [-0.2, 0) is 24.2 Å². The second kappa shape index (κ2) is 6.24. The Kier molecular flexibility index (Phi) is 4.14. The van der Waals surface area contributed by atoms with E-state index in [2.05, 4.69) is 15.5 Å². The number of hydrogen-bond acceptors (Lipinski definition) is 3. The van der Waals surface area contributed by atoms with Crippen LogP contribution in [0.2, 0.25) is 0 Å². The summed E-state index contributed by atoms with van der Waals surface area (Å²) in [5, 5.41) is 9.60. The Bertz CT molecular complexity index is 738. The van der Waals surface area contributed by atoms with Gasteiger partial charge in [0.05, 0.1) is 0 Å². The highest BCUT2D eigenvalue weighted by atomic mass is 16.2. The summed E-state index contributed by atoms with van der Waals surface area (Å²) in [4.78, 5) is 26.7. The van der Waals surface area contributed by atoms with E-state index in [4.69, 9.17) is 0 Å². The Hall–Kier alpha value is -2.63. The zero-order chi connectivity index (χ0) is 16.4. The van der Waals surface area contributed by atoms with Gasteiger partial charge in [0.1, 0.15) is 11.7 Å². The number of likely N-dealkylation sites (N-methyl/N-ethyl adjacent to an activating group) is 1. The predicted molar refractivity (Wildman–Crippen MR) is 85.8 cm³/mol. The van der Waals surface area contributed by atoms with Gasteiger partial charge in [0.15, 0.2) is 0 Å². The van der Waals surface area contributed by atoms with Crippen molar-refractivity contribution < 1.29 is 9.59 Å². The van der Waals surface area contributed by atoms with Gasteiger partial charge in [-0.1, -0.05) is 31.2 Å². The van der Waals surface area contributed by atoms with Gasteiger partial charge < -0.3 is 10.2 Å². The van der Waals surface area contributed by atoms with Gasteiger partial charge in [-0.05, 0) is 23.6 Å². The third kappa shape index (κ3) is 2.84. The molecule has 2 N–H and O–H groups in total. The van der Waals surface area contributed by atoms with E-state index in [9.17, 15) is 9.59 Å². The van der Waals surface area contributed by atoms with Crippen LogP contribution in [-0.4, -0.2) is 40.0 Å². The Morgan fingerprint density at radius 2 is 2.09 bits per heavy atom. The van der Waals surface area contributed by atoms with Gasteiger partial charge in [0.2, 0.25) is 5.91 Å². The monoisotopic (exact) mass is 312 g/mol. The fourth-order valence-corrected chi connectivity index (χ4v) is 2.94. The van der Waals surface area contributed by atoms with Crippen molar-refractivity contribution in [2.45, 2.75) is 32.4 Å². The summed E-state index contributed by atoms with van der Waals surface area (Å²) in [7, 11) is 1.59. The van der Waals surface area contributed by atoms with Crippen LogP contribution < -0.4 is 5.32 Å². The number of nitrogens with one attached hydrogen (secondary N) is 2. The van der Waals surface area contributed by atoms with Crippen LogP contribution in [0.15, 0.2) is 30.3 Å². The zero-order valence-corrected chi connectivity index (χ0v) is 13.3. The van der Waals surface area contributed by atoms with Gasteiger partial charge in [0.25, 0.3) is 5.91 Å². The highest BCUT2D eigenvalue weighted by Crippen LogP contribution is 2.25. The molecule has 3 rings (SSSR count). The molecule has 120 valence electrons. The molecule has 1 aromatic heterocycles. The molecular weight excluding hydrogens is 292 g/mol. The second-order valence-corrected chi connectivity index (χ2v) is 5.67. The third-order valence-corrected chi connectivity index (χ3v) is 4.29. The minimum absolute atomic E-state index is 0.154. The van der Waals surface area contributed by atoms with E-state index in [1.807, 2.05) is 31.2 Å². The molecule has 1 aliphatic rings. The number of H-pyrrole nitrogens is 1. The number of carbonyl (C=O) groups is 2. The van der Waals surface area contributed by atoms with Crippen LogP contribution in [0.25, 0.3) is 0 Å². The Balaban J connectivity index is 1.94. The lowest BCUT2D eigenvalue weighted by molar-refractivity contribution is -0.125. The number of aryl methyl sites for hydroxylation is 1. The summed E-state index contributed by atoms with van der Waals surface area (Å²) < 4.78 is 0. The largest absolute Gasteiger partial charge is 0.357 e. The summed E-state index contributed by atoms with van der Waals surface area (Å²) in [5.41, 5.74) is 3.45. The molecular formula is C17H20N4O2. The number of benzene rings is 1. The first kappa shape index (κ1) is 15.3. The lowest BCUT2D eigenvalue weighted by Crippen LogP contribution is -2.52. The van der Waals surface area contributed by atoms with Crippen LogP contribution in [0.4, 0.5) is 0 Å². The van der Waals surface area contributed by atoms with Gasteiger partial charge in [-0.2, -0.15) is 5.10 Å². The molecule has 0 radical (unpaired) electrons. The Labute approximate surface area is 134 Å². The van der Waals surface area contributed by atoms with Crippen LogP contribution in [0.1, 0.15) is 34.2 Å². The SMILES string of the molecule is CCc1cc(C(=O)N2Cc3ccccc3C[C@H]2C(=O)NC)n[nH]1. The van der Waals surface area contributed by atoms with Crippen molar-refractivity contribution in [3.05, 3.63) is 52.8 Å². The molecule has 0 saturated heterocycles. The number of aromatic nitrogens is 2. The van der Waals surface area contributed by atoms with E-state index in [0.717, 1.165) is 23.2 Å². The van der Waals surface area contributed by atoms with Crippen molar-refractivity contribution in [2.24, 2.45) is 0 Å². The summed E-state index contributed by atoms with van der Waals surface area (Å²) in [6.45, 7) is 2.41. The molecule has 0 saturated carbocycles. The Morgan fingerprint density at radius 1 is 1.35 bits per heavy atom. The van der Waals surface area contributed by atoms with Crippen LogP contribution in [0.5, 0.6) is 0 Å². The lowest BCUT2D eigenvalue weighted by Gasteiger charge is -2.35. The highest BCUT2D eigenvalue weighted by molar-refractivity contribution is 5.96. The molecule has 0 spiro atoms. The maximum atomic E-state index is 12.8. The molecule has 0 bridgehead atoms. The highest BCUT2D eigenvalue weighted by Gasteiger charge is 2.35. The molecule has 0 unspecified atom stereocenters. The minimum atomic E-state index is -0.510. The average molecular weight is 312 g/mol. The standard InChI is InChI=1S/C17H20N4O2/c1-3-13-9-14(20-19-13)17(23)21-10-12-7-5-4-6-11(12)8-15(21)16(22)18-2/h4-7,9,15H,3,8,10H2,1-2H3,(H,18,22)(H,19,20)/t15-/m0/s1. The molecule has 6 heteroatoms. The maximum Gasteiger partial charge on any atom is 0.275 e. The smallest absolute Gasteiger partial charge is 0.275 e. The maximum absolute atomic E-state index is 12.8. The Morgan fingerprint density at radius 3 is 2.74 bits per heavy atom. The topological polar surface area (TPSA) is 78.1 Å². The van der Waals surface area contributed by atoms with Crippen molar-refractivity contribution in [1.82, 2.24) is 20.4 Å². The summed E-state index contributed by atoms with van der Waals surface area (Å²) >= 11 is 0. The molecule has 1 aliphatic heterocycles. The zero-order valence-electron chi connectivity index (χ0n) is 13.3. The van der Waals surface area contributed by atoms with Crippen LogP contribution in [0, 0.1) is 0 Å². The number of carbonyl (C=O) groups excluding carboxylic acids is 2. The van der Waals surface area contributed by atoms with E-state index in [-0.39, 0.29) is 11.8 Å². The molecule has 23 heavy (non-hydrogen) atoms. The summed E-state index contributed by atoms with van der Waals surface area (Å²) in [6, 6.07) is 9.16. The molecule has 2 aromatic rings. The average Bonchev–Trinajstić information content (AvgIpc) is 3.08. The fourth-order valence-electron chi connectivity index (χ4n) is 2.94. The number of fused-ring (bicyclic) bond motifs is 1. The molecule has 0 fully saturated rings. The van der Waals surface area contributed by atoms with Gasteiger partial charge in [-0.25, -0.2) is 0 Å². The van der Waals surface area contributed by atoms with E-state index in [1.165, 1.54) is 0 Å². The van der Waals surface area contributed by atoms with Crippen LogP contribution >= 0.6 is 0 Å². The number of hydrogen-bond donors (Lipinski definition) is 2. The van der Waals surface area contributed by atoms with Gasteiger partial charge in [-0.3, -0.25) is 14.7 Å². The van der Waals surface area contributed by atoms with Crippen molar-refractivity contribution in [1.29, 1.82) is 0 Å². The van der Waals surface area contributed by atoms with Crippen LogP contribution in [0.3, 0.4) is 0 Å². The quantitative estimate of drug-likeness (QED) is 0.896. The van der Waals surface area contributed by atoms with E-state index >= 15 is 0 Å². The van der Waals surface area contributed by atoms with Gasteiger partial charge in [-0.15, -0.1) is 0 Å². The van der Waals surface area contributed by atoms with Crippen molar-refractivity contribution in [3.8, 4) is 0 Å². The first-order valence-corrected chi connectivity index (χ1v) is 7.77. The summed E-state index contributed by atoms with van der Waals surface area (Å²) in [6.07, 6.45) is 1.30. The number of rotatable bonds is 3. The number of nitrogens with zero attached hydrogens (tertiary/aromatic N) is 2. The lowest BCUT2D eigenvalue weighted by atomic mass is 9.93. The first-order valence-electron chi connectivity index (χ1n) is 7.77. The molecule has 6 nitrogen and oxygen atoms in total. The van der Waals surface area contributed by atoms with E-state index in [0.29, 0.717) is 18.7 Å². The van der Waals surface area contributed by atoms with Crippen molar-refractivity contribution in [2.75, 3.05) is 7.05 Å². The van der Waals surface area contributed by atoms with Gasteiger partial charge in [0, 0.05) is 25.7 Å². The predicted octanol–water partition coefficient (Wildman–Crippen LogP) is 1.29. The molecule has 2 amide bonds. The normalized spacial score (nSPS) is 16.8. The summed E-state index contributed by atoms with van der Waals surface area (Å²) in [5.74, 6) is -0.372. The number of amides is 2. The van der Waals surface area contributed by atoms with Gasteiger partial charge >= 0.3 is 0 Å². The third-order valence-electron chi connectivity index (χ3n) is 4.29. The fraction of sp³-hybridized carbons (Fsp3) is 0.353. The second-order valence-electron chi connectivity index (χ2n) is 5.67. The molecule has 1 aromatic carbocycles. The van der Waals surface area contributed by atoms with Crippen molar-refractivity contribution in [3.63, 3.8) is 0 Å². The molecule has 1 atom stereocenters.